The standard InChI is InChI=1S/C15H11N2O2/c1-10-11-6-2-4-8-13(11)17(16-10)14-9-5-3-7-12(14)15(18)19/h3-9H,1H3,(H,18,19). The van der Waals surface area contributed by atoms with Gasteiger partial charge < -0.3 is 5.11 Å². The van der Waals surface area contributed by atoms with Gasteiger partial charge in [0, 0.05) is 5.39 Å². The second-order valence-corrected chi connectivity index (χ2v) is 4.26. The van der Waals surface area contributed by atoms with Gasteiger partial charge in [-0.2, -0.15) is 5.10 Å². The quantitative estimate of drug-likeness (QED) is 0.762. The molecule has 0 spiro atoms. The van der Waals surface area contributed by atoms with Gasteiger partial charge in [0.1, 0.15) is 0 Å². The normalized spacial score (nSPS) is 10.8. The molecule has 0 saturated carbocycles. The average Bonchev–Trinajstić information content (AvgIpc) is 2.77. The number of nitrogens with zero attached hydrogens (tertiary/aromatic N) is 2. The predicted molar refractivity (Wildman–Crippen MR) is 71.6 cm³/mol. The van der Waals surface area contributed by atoms with Crippen LogP contribution in [0.1, 0.15) is 16.1 Å². The summed E-state index contributed by atoms with van der Waals surface area (Å²) < 4.78 is 1.67. The van der Waals surface area contributed by atoms with Crippen LogP contribution in [-0.2, 0) is 0 Å². The molecule has 0 fully saturated rings. The molecule has 0 atom stereocenters. The van der Waals surface area contributed by atoms with Gasteiger partial charge in [-0.05, 0) is 37.3 Å². The number of fused-ring (bicyclic) bond motifs is 1. The monoisotopic (exact) mass is 251 g/mol. The zero-order valence-electron chi connectivity index (χ0n) is 10.3. The van der Waals surface area contributed by atoms with Crippen molar-refractivity contribution in [2.45, 2.75) is 6.92 Å². The van der Waals surface area contributed by atoms with Crippen LogP contribution in [0.25, 0.3) is 16.6 Å². The Balaban J connectivity index is 2.34. The maximum Gasteiger partial charge on any atom is 0.337 e. The molecular formula is C15H11N2O2. The Labute approximate surface area is 109 Å². The van der Waals surface area contributed by atoms with Crippen molar-refractivity contribution in [2.75, 3.05) is 0 Å². The van der Waals surface area contributed by atoms with E-state index in [4.69, 9.17) is 0 Å². The van der Waals surface area contributed by atoms with E-state index in [9.17, 15) is 9.90 Å². The highest BCUT2D eigenvalue weighted by atomic mass is 16.4. The van der Waals surface area contributed by atoms with Crippen molar-refractivity contribution in [3.8, 4) is 5.69 Å². The predicted octanol–water partition coefficient (Wildman–Crippen LogP) is 2.83. The molecule has 0 aliphatic carbocycles. The zero-order valence-corrected chi connectivity index (χ0v) is 10.3. The Morgan fingerprint density at radius 2 is 2.11 bits per heavy atom. The first-order valence-electron chi connectivity index (χ1n) is 5.86. The summed E-state index contributed by atoms with van der Waals surface area (Å²) in [5.74, 6) is -0.959. The molecule has 1 radical (unpaired) electrons. The summed E-state index contributed by atoms with van der Waals surface area (Å²) in [4.78, 5) is 11.3. The minimum absolute atomic E-state index is 0.236. The van der Waals surface area contributed by atoms with Crippen molar-refractivity contribution in [1.82, 2.24) is 9.78 Å². The molecule has 0 aliphatic rings. The van der Waals surface area contributed by atoms with Crippen LogP contribution in [-0.4, -0.2) is 20.9 Å². The molecule has 0 saturated heterocycles. The summed E-state index contributed by atoms with van der Waals surface area (Å²) in [5, 5.41) is 14.7. The van der Waals surface area contributed by atoms with Crippen LogP contribution in [0.15, 0.2) is 42.5 Å². The maximum absolute atomic E-state index is 11.3. The molecule has 2 aromatic carbocycles. The van der Waals surface area contributed by atoms with Gasteiger partial charge in [-0.25, -0.2) is 9.48 Å². The molecule has 1 heterocycles. The van der Waals surface area contributed by atoms with Gasteiger partial charge in [0.2, 0.25) is 0 Å². The van der Waals surface area contributed by atoms with E-state index >= 15 is 0 Å². The molecular weight excluding hydrogens is 240 g/mol. The third-order valence-electron chi connectivity index (χ3n) is 3.07. The summed E-state index contributed by atoms with van der Waals surface area (Å²) in [7, 11) is 0. The number of benzene rings is 2. The molecule has 19 heavy (non-hydrogen) atoms. The highest BCUT2D eigenvalue weighted by Crippen LogP contribution is 2.23. The van der Waals surface area contributed by atoms with Gasteiger partial charge in [0.15, 0.2) is 0 Å². The first-order chi connectivity index (χ1) is 9.18. The van der Waals surface area contributed by atoms with E-state index in [1.807, 2.05) is 19.1 Å². The van der Waals surface area contributed by atoms with E-state index in [1.165, 1.54) is 0 Å². The number of hydrogen-bond donors (Lipinski definition) is 1. The molecule has 0 amide bonds. The minimum Gasteiger partial charge on any atom is -0.478 e. The Hall–Kier alpha value is -2.62. The number of aryl methyl sites for hydroxylation is 1. The average molecular weight is 251 g/mol. The summed E-state index contributed by atoms with van der Waals surface area (Å²) in [5.41, 5.74) is 2.54. The molecule has 4 heteroatoms. The zero-order chi connectivity index (χ0) is 13.4. The molecule has 3 aromatic rings. The lowest BCUT2D eigenvalue weighted by atomic mass is 10.1. The topological polar surface area (TPSA) is 55.1 Å². The molecule has 1 N–H and O–H groups in total. The van der Waals surface area contributed by atoms with Gasteiger partial charge in [-0.15, -0.1) is 0 Å². The SMILES string of the molecule is Cc1nn(-c2ccccc2C(=O)O)c2cc[c]cc12. The lowest BCUT2D eigenvalue weighted by molar-refractivity contribution is 0.0697. The van der Waals surface area contributed by atoms with Gasteiger partial charge >= 0.3 is 5.97 Å². The second kappa shape index (κ2) is 4.24. The Morgan fingerprint density at radius 3 is 2.89 bits per heavy atom. The number of carbonyl (C=O) groups is 1. The highest BCUT2D eigenvalue weighted by molar-refractivity contribution is 5.93. The number of carboxylic acids is 1. The Kier molecular flexibility index (Phi) is 2.56. The number of rotatable bonds is 2. The minimum atomic E-state index is -0.959. The lowest BCUT2D eigenvalue weighted by Crippen LogP contribution is -2.06. The number of aromatic nitrogens is 2. The van der Waals surface area contributed by atoms with Crippen LogP contribution in [0.2, 0.25) is 0 Å². The lowest BCUT2D eigenvalue weighted by Gasteiger charge is -2.06. The summed E-state index contributed by atoms with van der Waals surface area (Å²) in [6.45, 7) is 1.90. The van der Waals surface area contributed by atoms with E-state index in [-0.39, 0.29) is 5.56 Å². The van der Waals surface area contributed by atoms with Gasteiger partial charge in [0.05, 0.1) is 22.5 Å². The van der Waals surface area contributed by atoms with Crippen molar-refractivity contribution in [3.05, 3.63) is 59.8 Å². The summed E-state index contributed by atoms with van der Waals surface area (Å²) in [6, 6.07) is 15.4. The van der Waals surface area contributed by atoms with E-state index < -0.39 is 5.97 Å². The van der Waals surface area contributed by atoms with Crippen molar-refractivity contribution in [2.24, 2.45) is 0 Å². The van der Waals surface area contributed by atoms with Crippen LogP contribution in [0.5, 0.6) is 0 Å². The van der Waals surface area contributed by atoms with Gasteiger partial charge in [-0.1, -0.05) is 18.2 Å². The molecule has 93 valence electrons. The molecule has 1 aromatic heterocycles. The summed E-state index contributed by atoms with van der Waals surface area (Å²) in [6.07, 6.45) is 0. The first-order valence-corrected chi connectivity index (χ1v) is 5.86. The van der Waals surface area contributed by atoms with Crippen molar-refractivity contribution >= 4 is 16.9 Å². The third kappa shape index (κ3) is 1.78. The van der Waals surface area contributed by atoms with E-state index in [2.05, 4.69) is 11.2 Å². The van der Waals surface area contributed by atoms with Crippen LogP contribution >= 0.6 is 0 Å². The van der Waals surface area contributed by atoms with Crippen LogP contribution in [0, 0.1) is 13.0 Å². The van der Waals surface area contributed by atoms with Crippen molar-refractivity contribution in [1.29, 1.82) is 0 Å². The summed E-state index contributed by atoms with van der Waals surface area (Å²) >= 11 is 0. The molecule has 4 nitrogen and oxygen atoms in total. The molecule has 3 rings (SSSR count). The molecule has 0 aliphatic heterocycles. The third-order valence-corrected chi connectivity index (χ3v) is 3.07. The van der Waals surface area contributed by atoms with E-state index in [1.54, 1.807) is 35.0 Å². The van der Waals surface area contributed by atoms with Gasteiger partial charge in [0.25, 0.3) is 0 Å². The first kappa shape index (κ1) is 11.5. The second-order valence-electron chi connectivity index (χ2n) is 4.26. The highest BCUT2D eigenvalue weighted by Gasteiger charge is 2.14. The number of carboxylic acid groups (broad SMARTS) is 1. The number of para-hydroxylation sites is 1. The van der Waals surface area contributed by atoms with Crippen molar-refractivity contribution < 1.29 is 9.90 Å². The molecule has 0 unspecified atom stereocenters. The van der Waals surface area contributed by atoms with E-state index in [0.29, 0.717) is 5.69 Å². The van der Waals surface area contributed by atoms with Gasteiger partial charge in [-0.3, -0.25) is 0 Å². The fourth-order valence-electron chi connectivity index (χ4n) is 2.18. The van der Waals surface area contributed by atoms with Crippen molar-refractivity contribution in [3.63, 3.8) is 0 Å². The number of aromatic carboxylic acids is 1. The largest absolute Gasteiger partial charge is 0.478 e. The maximum atomic E-state index is 11.3. The Morgan fingerprint density at radius 1 is 1.32 bits per heavy atom. The molecule has 0 bridgehead atoms. The Bertz CT molecular complexity index is 775. The van der Waals surface area contributed by atoms with E-state index in [0.717, 1.165) is 16.6 Å². The van der Waals surface area contributed by atoms with Crippen LogP contribution in [0.3, 0.4) is 0 Å². The number of hydrogen-bond acceptors (Lipinski definition) is 2. The fourth-order valence-corrected chi connectivity index (χ4v) is 2.18. The van der Waals surface area contributed by atoms with Crippen LogP contribution < -0.4 is 0 Å². The van der Waals surface area contributed by atoms with Crippen LogP contribution in [0.4, 0.5) is 0 Å². The fraction of sp³-hybridized carbons (Fsp3) is 0.0667. The smallest absolute Gasteiger partial charge is 0.337 e.